The summed E-state index contributed by atoms with van der Waals surface area (Å²) in [6.45, 7) is 35.0. The summed E-state index contributed by atoms with van der Waals surface area (Å²) in [5.74, 6) is -0.382. The second-order valence-corrected chi connectivity index (χ2v) is 35.6. The number of hydrogen-bond donors (Lipinski definition) is 3. The Hall–Kier alpha value is -14.2. The van der Waals surface area contributed by atoms with Crippen LogP contribution in [0.4, 0.5) is 30.2 Å². The summed E-state index contributed by atoms with van der Waals surface area (Å²) in [6, 6.07) is 38.6. The monoisotopic (exact) mass is 1720 g/mol. The molecule has 3 N–H and O–H groups in total. The standard InChI is InChI=1S/2C34H33FN6O3.C32H32FN5O2/c2*1-6-28(42)39-16-21-17-44-32-31(40(21)15-20(39)5)23-13-25(35)30(29-19(4)11-12-26-24(29)14-36-38-26)37-33(23)41(34(32)43)27-10-8-7-9-22(27)18(2)3;1-17(2)21-7-5-6-8-26(21)38-31-22(29-30(32(38)39)40-16-20-11-9-18(3)15-37(20)29)13-24(33)28(35-31)27-19(4)10-12-25-23(27)14-34-36-25/h2*6-14,18,20-21H,1,15-17H2,2-5H3,(H,36,38);5-8,10,12-14,17-18,20H,9,11,15-16H2,1-4H3,(H,34,36)/t2*20-,21-;18-,20+/m110/s1. The van der Waals surface area contributed by atoms with E-state index in [0.29, 0.717) is 117 Å². The number of para-hydroxylation sites is 3. The minimum atomic E-state index is -0.519. The van der Waals surface area contributed by atoms with Crippen LogP contribution in [0.2, 0.25) is 0 Å². The van der Waals surface area contributed by atoms with Crippen LogP contribution in [0.1, 0.15) is 126 Å². The van der Waals surface area contributed by atoms with Crippen LogP contribution in [0.3, 0.4) is 0 Å². The van der Waals surface area contributed by atoms with Gasteiger partial charge in [0.25, 0.3) is 0 Å². The smallest absolute Gasteiger partial charge is 0.301 e. The maximum Gasteiger partial charge on any atom is 0.301 e. The number of carbonyl (C=O) groups is 2. The number of rotatable bonds is 11. The minimum Gasteiger partial charge on any atom is -0.484 e. The SMILES string of the molecule is C=CC(=O)N1C[C@@H]2COc3c(c4cc(F)c(-c5c(C)ccc6[nH]ncc56)nc4n(-c4ccccc4C(C)C)c3=O)N2C[C@H]1C.C=CC(=O)N1C[C@@H]2COc3c(c4cc(F)c(-c5c(C)ccc6[nH]ncc56)nc4n(-c4ccccc4C(C)C)c3=O)N2C[C@H]1C.Cc1ccc2[nH]ncc2c1-c1nc2c(cc1F)c1c(c(=O)n2-c2ccccc2C(C)C)OC[C@H]2CC[C@H](C)CN12. The number of anilines is 3. The first kappa shape index (κ1) is 83.4. The van der Waals surface area contributed by atoms with E-state index in [0.717, 1.165) is 91.2 Å². The van der Waals surface area contributed by atoms with Crippen molar-refractivity contribution in [2.24, 2.45) is 5.92 Å². The molecular formula is C100H98F3N17O8. The van der Waals surface area contributed by atoms with Crippen LogP contribution in [-0.2, 0) is 9.59 Å². The van der Waals surface area contributed by atoms with Gasteiger partial charge < -0.3 is 38.7 Å². The quantitative estimate of drug-likeness (QED) is 0.102. The van der Waals surface area contributed by atoms with Crippen molar-refractivity contribution in [3.63, 3.8) is 0 Å². The highest BCUT2D eigenvalue weighted by Crippen LogP contribution is 2.49. The first-order chi connectivity index (χ1) is 61.7. The number of ether oxygens (including phenoxy) is 3. The van der Waals surface area contributed by atoms with E-state index in [1.165, 1.54) is 24.3 Å². The number of hydrogen-bond acceptors (Lipinski definition) is 17. The molecule has 28 heteroatoms. The van der Waals surface area contributed by atoms with Gasteiger partial charge in [-0.1, -0.05) is 134 Å². The molecule has 15 aromatic rings. The lowest BCUT2D eigenvalue weighted by atomic mass is 9.92. The highest BCUT2D eigenvalue weighted by molar-refractivity contribution is 6.04. The number of aryl methyl sites for hydroxylation is 3. The minimum absolute atomic E-state index is 0.104. The Labute approximate surface area is 735 Å². The molecule has 6 aliphatic heterocycles. The number of aromatic amines is 3. The summed E-state index contributed by atoms with van der Waals surface area (Å²) in [6.07, 6.45) is 9.73. The number of nitrogens with one attached hydrogen (secondary N) is 3. The van der Waals surface area contributed by atoms with Crippen molar-refractivity contribution < 1.29 is 37.0 Å². The van der Waals surface area contributed by atoms with Gasteiger partial charge in [0.15, 0.2) is 16.9 Å². The molecule has 6 aliphatic rings. The van der Waals surface area contributed by atoms with Gasteiger partial charge in [0.05, 0.1) is 87.4 Å². The number of pyridine rings is 6. The van der Waals surface area contributed by atoms with Crippen LogP contribution in [0.15, 0.2) is 186 Å². The van der Waals surface area contributed by atoms with Crippen molar-refractivity contribution in [3.8, 4) is 68.1 Å². The van der Waals surface area contributed by atoms with Crippen LogP contribution in [0.25, 0.3) is 117 Å². The van der Waals surface area contributed by atoms with E-state index < -0.39 is 17.5 Å². The molecule has 3 saturated heterocycles. The highest BCUT2D eigenvalue weighted by Gasteiger charge is 2.45. The molecule has 15 heterocycles. The van der Waals surface area contributed by atoms with Crippen LogP contribution in [0, 0.1) is 44.1 Å². The van der Waals surface area contributed by atoms with E-state index in [2.05, 4.69) is 107 Å². The normalized spacial score (nSPS) is 18.2. The lowest BCUT2D eigenvalue weighted by Crippen LogP contribution is -2.62. The van der Waals surface area contributed by atoms with Crippen molar-refractivity contribution in [1.82, 2.24) is 69.0 Å². The topological polar surface area (TPSA) is 269 Å². The van der Waals surface area contributed by atoms with Crippen LogP contribution < -0.4 is 45.6 Å². The molecular weight excluding hydrogens is 1620 g/mol. The van der Waals surface area contributed by atoms with Gasteiger partial charge in [-0.25, -0.2) is 28.1 Å². The molecule has 0 aliphatic carbocycles. The van der Waals surface area contributed by atoms with E-state index in [4.69, 9.17) is 29.2 Å². The lowest BCUT2D eigenvalue weighted by Gasteiger charge is -2.48. The molecule has 6 atom stereocenters. The van der Waals surface area contributed by atoms with Gasteiger partial charge in [-0.3, -0.25) is 53.0 Å². The third kappa shape index (κ3) is 13.8. The van der Waals surface area contributed by atoms with Crippen molar-refractivity contribution in [1.29, 1.82) is 0 Å². The molecule has 652 valence electrons. The number of piperidine rings is 1. The van der Waals surface area contributed by atoms with E-state index >= 15 is 13.2 Å². The number of benzene rings is 6. The van der Waals surface area contributed by atoms with Crippen molar-refractivity contribution in [2.45, 2.75) is 144 Å². The van der Waals surface area contributed by atoms with Crippen LogP contribution in [-0.4, -0.2) is 164 Å². The number of piperazine rings is 2. The second kappa shape index (κ2) is 32.7. The Balaban J connectivity index is 0.000000125. The summed E-state index contributed by atoms with van der Waals surface area (Å²) in [4.78, 5) is 93.6. The van der Waals surface area contributed by atoms with Gasteiger partial charge in [-0.15, -0.1) is 0 Å². The fourth-order valence-electron chi connectivity index (χ4n) is 20.0. The summed E-state index contributed by atoms with van der Waals surface area (Å²) in [5, 5.41) is 25.2. The fraction of sp³-hybridized carbons (Fsp3) is 0.310. The van der Waals surface area contributed by atoms with Gasteiger partial charge >= 0.3 is 16.7 Å². The molecule has 0 spiro atoms. The Bertz CT molecular complexity index is 7010. The van der Waals surface area contributed by atoms with Gasteiger partial charge in [0.1, 0.15) is 54.4 Å². The Morgan fingerprint density at radius 3 is 1.05 bits per heavy atom. The van der Waals surface area contributed by atoms with Crippen molar-refractivity contribution >= 4 is 94.7 Å². The zero-order chi connectivity index (χ0) is 89.4. The molecule has 0 unspecified atom stereocenters. The third-order valence-electron chi connectivity index (χ3n) is 26.4. The fourth-order valence-corrected chi connectivity index (χ4v) is 20.0. The second-order valence-electron chi connectivity index (χ2n) is 35.6. The first-order valence-corrected chi connectivity index (χ1v) is 43.7. The summed E-state index contributed by atoms with van der Waals surface area (Å²) < 4.78 is 72.6. The molecule has 0 radical (unpaired) electrons. The van der Waals surface area contributed by atoms with Crippen LogP contribution >= 0.6 is 0 Å². The molecule has 3 fully saturated rings. The highest BCUT2D eigenvalue weighted by atomic mass is 19.1. The van der Waals surface area contributed by atoms with Gasteiger partial charge in [-0.2, -0.15) is 15.3 Å². The molecule has 0 saturated carbocycles. The molecule has 9 aromatic heterocycles. The molecule has 128 heavy (non-hydrogen) atoms. The molecule has 6 aromatic carbocycles. The summed E-state index contributed by atoms with van der Waals surface area (Å²) in [7, 11) is 0. The number of fused-ring (bicyclic) bond motifs is 18. The van der Waals surface area contributed by atoms with Crippen molar-refractivity contribution in [3.05, 3.63) is 253 Å². The number of halogens is 3. The average Bonchev–Trinajstić information content (AvgIpc) is 0.762. The van der Waals surface area contributed by atoms with Crippen molar-refractivity contribution in [2.75, 3.05) is 67.2 Å². The van der Waals surface area contributed by atoms with E-state index in [9.17, 15) is 24.0 Å². The summed E-state index contributed by atoms with van der Waals surface area (Å²) in [5.41, 5.74) is 14.0. The number of amides is 2. The first-order valence-electron chi connectivity index (χ1n) is 43.7. The van der Waals surface area contributed by atoms with Gasteiger partial charge in [0, 0.05) is 93.8 Å². The third-order valence-corrected chi connectivity index (χ3v) is 26.4. The maximum absolute atomic E-state index is 16.4. The number of carbonyl (C=O) groups excluding carboxylic acids is 2. The average molecular weight is 1720 g/mol. The molecule has 21 rings (SSSR count). The Morgan fingerprint density at radius 2 is 0.734 bits per heavy atom. The zero-order valence-electron chi connectivity index (χ0n) is 73.4. The van der Waals surface area contributed by atoms with E-state index in [1.54, 1.807) is 48.2 Å². The van der Waals surface area contributed by atoms with E-state index in [1.807, 2.05) is 144 Å². The van der Waals surface area contributed by atoms with Crippen LogP contribution in [0.5, 0.6) is 17.2 Å². The summed E-state index contributed by atoms with van der Waals surface area (Å²) >= 11 is 0. The number of nitrogens with zero attached hydrogens (tertiary/aromatic N) is 14. The van der Waals surface area contributed by atoms with E-state index in [-0.39, 0.29) is 124 Å². The zero-order valence-corrected chi connectivity index (χ0v) is 73.4. The predicted octanol–water partition coefficient (Wildman–Crippen LogP) is 17.5. The molecule has 25 nitrogen and oxygen atoms in total. The largest absolute Gasteiger partial charge is 0.484 e. The Kier molecular flexibility index (Phi) is 21.3. The van der Waals surface area contributed by atoms with Gasteiger partial charge in [-0.05, 0) is 171 Å². The maximum atomic E-state index is 16.4. The predicted molar refractivity (Wildman–Crippen MR) is 495 cm³/mol. The molecule has 2 amide bonds. The lowest BCUT2D eigenvalue weighted by molar-refractivity contribution is -0.130. The molecule has 0 bridgehead atoms. The number of aromatic nitrogens is 12. The number of H-pyrrole nitrogens is 3. The Morgan fingerprint density at radius 1 is 0.422 bits per heavy atom. The van der Waals surface area contributed by atoms with Gasteiger partial charge in [0.2, 0.25) is 29.1 Å².